The third kappa shape index (κ3) is 1.28. The normalized spacial score (nSPS) is 9.79. The van der Waals surface area contributed by atoms with Crippen LogP contribution in [0.25, 0.3) is 21.3 Å². The zero-order valence-corrected chi connectivity index (χ0v) is 7.68. The van der Waals surface area contributed by atoms with E-state index in [-0.39, 0.29) is 0 Å². The van der Waals surface area contributed by atoms with Gasteiger partial charge >= 0.3 is 0 Å². The largest absolute Gasteiger partial charge is 0.256 e. The predicted octanol–water partition coefficient (Wildman–Crippen LogP) is 3.49. The first-order valence-electron chi connectivity index (χ1n) is 4.22. The molecule has 4 nitrogen and oxygen atoms in total. The number of fused-ring (bicyclic) bond motifs is 1. The smallest absolute Gasteiger partial charge is 0.0800 e. The number of hydrogen-bond donors (Lipinski definition) is 0. The molecule has 0 saturated heterocycles. The first kappa shape index (κ1) is 8.53. The Hall–Kier alpha value is -2.06. The summed E-state index contributed by atoms with van der Waals surface area (Å²) in [5.41, 5.74) is 10.7. The fraction of sp³-hybridized carbons (Fsp3) is 0.100. The minimum atomic E-state index is 0.616. The second-order valence-electron chi connectivity index (χ2n) is 3.00. The SMILES string of the molecule is Cc1ccc2cccnc2c1N=[N+]=[N-]. The molecule has 0 aliphatic heterocycles. The van der Waals surface area contributed by atoms with Gasteiger partial charge in [0.1, 0.15) is 0 Å². The highest BCUT2D eigenvalue weighted by Crippen LogP contribution is 2.27. The quantitative estimate of drug-likeness (QED) is 0.380. The van der Waals surface area contributed by atoms with Gasteiger partial charge in [-0.25, -0.2) is 0 Å². The Morgan fingerprint density at radius 1 is 1.36 bits per heavy atom. The zero-order valence-electron chi connectivity index (χ0n) is 7.68. The molecule has 0 aliphatic rings. The lowest BCUT2D eigenvalue weighted by molar-refractivity contribution is 1.34. The minimum Gasteiger partial charge on any atom is -0.256 e. The summed E-state index contributed by atoms with van der Waals surface area (Å²) in [6.45, 7) is 1.90. The molecular weight excluding hydrogens is 176 g/mol. The molecule has 4 heteroatoms. The second kappa shape index (κ2) is 3.36. The molecule has 0 amide bonds. The number of nitrogens with zero attached hydrogens (tertiary/aromatic N) is 4. The van der Waals surface area contributed by atoms with E-state index in [9.17, 15) is 0 Å². The van der Waals surface area contributed by atoms with Gasteiger partial charge in [0.05, 0.1) is 11.2 Å². The van der Waals surface area contributed by atoms with Crippen LogP contribution in [0.15, 0.2) is 35.6 Å². The van der Waals surface area contributed by atoms with Crippen molar-refractivity contribution in [1.82, 2.24) is 4.98 Å². The van der Waals surface area contributed by atoms with Gasteiger partial charge in [-0.2, -0.15) is 0 Å². The summed E-state index contributed by atoms with van der Waals surface area (Å²) in [7, 11) is 0. The third-order valence-corrected chi connectivity index (χ3v) is 2.09. The molecule has 1 heterocycles. The van der Waals surface area contributed by atoms with Gasteiger partial charge in [-0.1, -0.05) is 23.3 Å². The molecule has 1 aromatic heterocycles. The lowest BCUT2D eigenvalue weighted by atomic mass is 10.1. The van der Waals surface area contributed by atoms with Crippen LogP contribution in [0.2, 0.25) is 0 Å². The monoisotopic (exact) mass is 184 g/mol. The Balaban J connectivity index is 2.89. The van der Waals surface area contributed by atoms with E-state index in [1.54, 1.807) is 6.20 Å². The molecule has 68 valence electrons. The summed E-state index contributed by atoms with van der Waals surface area (Å²) >= 11 is 0. The van der Waals surface area contributed by atoms with Gasteiger partial charge in [-0.3, -0.25) is 4.98 Å². The summed E-state index contributed by atoms with van der Waals surface area (Å²) in [6.07, 6.45) is 1.69. The molecule has 0 bridgehead atoms. The van der Waals surface area contributed by atoms with E-state index in [0.29, 0.717) is 5.69 Å². The highest BCUT2D eigenvalue weighted by atomic mass is 15.1. The van der Waals surface area contributed by atoms with Gasteiger partial charge in [-0.15, -0.1) is 0 Å². The average Bonchev–Trinajstić information content (AvgIpc) is 2.23. The molecule has 0 atom stereocenters. The van der Waals surface area contributed by atoms with Crippen molar-refractivity contribution in [3.05, 3.63) is 46.5 Å². The molecule has 0 spiro atoms. The second-order valence-corrected chi connectivity index (χ2v) is 3.00. The predicted molar refractivity (Wildman–Crippen MR) is 55.3 cm³/mol. The Morgan fingerprint density at radius 3 is 3.00 bits per heavy atom. The number of azide groups is 1. The highest BCUT2D eigenvalue weighted by molar-refractivity contribution is 5.90. The maximum atomic E-state index is 8.43. The topological polar surface area (TPSA) is 61.7 Å². The molecule has 2 rings (SSSR count). The Kier molecular flexibility index (Phi) is 2.05. The zero-order chi connectivity index (χ0) is 9.97. The lowest BCUT2D eigenvalue weighted by Gasteiger charge is -2.02. The lowest BCUT2D eigenvalue weighted by Crippen LogP contribution is -1.81. The summed E-state index contributed by atoms with van der Waals surface area (Å²) in [5, 5.41) is 4.64. The van der Waals surface area contributed by atoms with Gasteiger partial charge < -0.3 is 0 Å². The van der Waals surface area contributed by atoms with Crippen molar-refractivity contribution in [2.24, 2.45) is 5.11 Å². The number of benzene rings is 1. The average molecular weight is 184 g/mol. The van der Waals surface area contributed by atoms with Gasteiger partial charge in [0.2, 0.25) is 0 Å². The Labute approximate surface area is 80.8 Å². The molecule has 0 saturated carbocycles. The van der Waals surface area contributed by atoms with E-state index in [4.69, 9.17) is 5.53 Å². The minimum absolute atomic E-state index is 0.616. The van der Waals surface area contributed by atoms with Gasteiger partial charge in [0, 0.05) is 16.5 Å². The number of rotatable bonds is 1. The van der Waals surface area contributed by atoms with E-state index >= 15 is 0 Å². The van der Waals surface area contributed by atoms with Crippen LogP contribution >= 0.6 is 0 Å². The van der Waals surface area contributed by atoms with Crippen LogP contribution < -0.4 is 0 Å². The Morgan fingerprint density at radius 2 is 2.21 bits per heavy atom. The first-order chi connectivity index (χ1) is 6.83. The molecular formula is C10H8N4. The molecule has 1 aromatic carbocycles. The summed E-state index contributed by atoms with van der Waals surface area (Å²) in [5.74, 6) is 0. The highest BCUT2D eigenvalue weighted by Gasteiger charge is 2.02. The molecule has 2 aromatic rings. The molecule has 0 unspecified atom stereocenters. The van der Waals surface area contributed by atoms with Crippen molar-refractivity contribution in [2.75, 3.05) is 0 Å². The Bertz CT molecular complexity index is 527. The molecule has 0 fully saturated rings. The van der Waals surface area contributed by atoms with Gasteiger partial charge in [-0.05, 0) is 24.1 Å². The standard InChI is InChI=1S/C10H8N4/c1-7-4-5-8-3-2-6-12-10(8)9(7)13-14-11/h2-6H,1H3. The van der Waals surface area contributed by atoms with E-state index in [2.05, 4.69) is 15.0 Å². The van der Waals surface area contributed by atoms with Gasteiger partial charge in [0.25, 0.3) is 0 Å². The summed E-state index contributed by atoms with van der Waals surface area (Å²) in [4.78, 5) is 7.00. The maximum absolute atomic E-state index is 8.43. The molecule has 0 radical (unpaired) electrons. The van der Waals surface area contributed by atoms with E-state index in [1.165, 1.54) is 0 Å². The van der Waals surface area contributed by atoms with Crippen molar-refractivity contribution in [3.63, 3.8) is 0 Å². The molecule has 0 aliphatic carbocycles. The van der Waals surface area contributed by atoms with Crippen molar-refractivity contribution in [3.8, 4) is 0 Å². The van der Waals surface area contributed by atoms with Crippen molar-refractivity contribution in [2.45, 2.75) is 6.92 Å². The van der Waals surface area contributed by atoms with Crippen LogP contribution in [0.5, 0.6) is 0 Å². The van der Waals surface area contributed by atoms with Crippen LogP contribution in [0.1, 0.15) is 5.56 Å². The van der Waals surface area contributed by atoms with E-state index in [0.717, 1.165) is 16.5 Å². The van der Waals surface area contributed by atoms with E-state index < -0.39 is 0 Å². The molecule has 14 heavy (non-hydrogen) atoms. The number of aromatic nitrogens is 1. The fourth-order valence-corrected chi connectivity index (χ4v) is 1.40. The summed E-state index contributed by atoms with van der Waals surface area (Å²) < 4.78 is 0. The maximum Gasteiger partial charge on any atom is 0.0800 e. The third-order valence-electron chi connectivity index (χ3n) is 2.09. The van der Waals surface area contributed by atoms with Crippen molar-refractivity contribution < 1.29 is 0 Å². The summed E-state index contributed by atoms with van der Waals surface area (Å²) in [6, 6.07) is 7.69. The van der Waals surface area contributed by atoms with Crippen LogP contribution in [0.3, 0.4) is 0 Å². The number of hydrogen-bond acceptors (Lipinski definition) is 2. The van der Waals surface area contributed by atoms with Crippen molar-refractivity contribution in [1.29, 1.82) is 0 Å². The number of pyridine rings is 1. The number of aryl methyl sites for hydroxylation is 1. The van der Waals surface area contributed by atoms with E-state index in [1.807, 2.05) is 31.2 Å². The van der Waals surface area contributed by atoms with Crippen LogP contribution in [0, 0.1) is 6.92 Å². The van der Waals surface area contributed by atoms with Crippen LogP contribution in [0.4, 0.5) is 5.69 Å². The van der Waals surface area contributed by atoms with Gasteiger partial charge in [0.15, 0.2) is 0 Å². The fourth-order valence-electron chi connectivity index (χ4n) is 1.40. The first-order valence-corrected chi connectivity index (χ1v) is 4.22. The van der Waals surface area contributed by atoms with Crippen molar-refractivity contribution >= 4 is 16.6 Å². The molecule has 0 N–H and O–H groups in total. The van der Waals surface area contributed by atoms with Crippen LogP contribution in [-0.4, -0.2) is 4.98 Å². The van der Waals surface area contributed by atoms with Crippen LogP contribution in [-0.2, 0) is 0 Å².